The Labute approximate surface area is 283 Å². The van der Waals surface area contributed by atoms with E-state index in [9.17, 15) is 19.2 Å². The van der Waals surface area contributed by atoms with Crippen LogP contribution in [0.25, 0.3) is 6.08 Å². The predicted molar refractivity (Wildman–Crippen MR) is 176 cm³/mol. The lowest BCUT2D eigenvalue weighted by Gasteiger charge is -2.49. The van der Waals surface area contributed by atoms with Crippen LogP contribution in [0.4, 0.5) is 5.13 Å². The summed E-state index contributed by atoms with van der Waals surface area (Å²) in [5.74, 6) is -2.29. The van der Waals surface area contributed by atoms with Crippen molar-refractivity contribution in [3.63, 3.8) is 0 Å². The molecule has 47 heavy (non-hydrogen) atoms. The zero-order valence-electron chi connectivity index (χ0n) is 26.9. The third-order valence-corrected chi connectivity index (χ3v) is 9.76. The average Bonchev–Trinajstić information content (AvgIpc) is 3.69. The van der Waals surface area contributed by atoms with Crippen LogP contribution in [0.2, 0.25) is 0 Å². The molecule has 0 unspecified atom stereocenters. The molecular formula is C29H36N6O9S3. The Balaban J connectivity index is 1.54. The molecular weight excluding hydrogens is 673 g/mol. The van der Waals surface area contributed by atoms with Crippen molar-refractivity contribution in [1.29, 1.82) is 0 Å². The highest BCUT2D eigenvalue weighted by molar-refractivity contribution is 8.00. The lowest BCUT2D eigenvalue weighted by atomic mass is 9.98. The lowest BCUT2D eigenvalue weighted by Crippen LogP contribution is -2.71. The van der Waals surface area contributed by atoms with Gasteiger partial charge in [-0.2, -0.15) is 0 Å². The van der Waals surface area contributed by atoms with E-state index in [0.717, 1.165) is 10.6 Å². The van der Waals surface area contributed by atoms with E-state index in [-0.39, 0.29) is 30.6 Å². The van der Waals surface area contributed by atoms with Crippen LogP contribution in [0, 0.1) is 12.3 Å². The maximum atomic E-state index is 13.6. The minimum Gasteiger partial charge on any atom is -0.427 e. The molecule has 0 bridgehead atoms. The Morgan fingerprint density at radius 1 is 1.13 bits per heavy atom. The minimum atomic E-state index is -0.984. The number of rotatable bonds is 14. The molecule has 2 atom stereocenters. The molecule has 0 spiro atoms. The van der Waals surface area contributed by atoms with Gasteiger partial charge in [0.05, 0.1) is 16.6 Å². The first-order valence-corrected chi connectivity index (χ1v) is 16.9. The molecule has 2 aromatic rings. The largest absolute Gasteiger partial charge is 0.427 e. The summed E-state index contributed by atoms with van der Waals surface area (Å²) in [6, 6.07) is -0.984. The molecule has 2 aromatic heterocycles. The SMILES string of the molecule is COCN(COC)c1nc(/C(=N/OC)C(=O)N[C@@H]2C(=O)N3C(C(=O)OCOC(=O)C(C)(C)C)=C(/C=C\c4scnc4C)CS[C@H]23)cs1. The Hall–Kier alpha value is -3.84. The van der Waals surface area contributed by atoms with Gasteiger partial charge in [0, 0.05) is 30.2 Å². The predicted octanol–water partition coefficient (Wildman–Crippen LogP) is 2.73. The van der Waals surface area contributed by atoms with Gasteiger partial charge in [-0.1, -0.05) is 11.2 Å². The van der Waals surface area contributed by atoms with Gasteiger partial charge in [-0.25, -0.2) is 14.8 Å². The molecule has 2 amide bonds. The fourth-order valence-electron chi connectivity index (χ4n) is 4.31. The smallest absolute Gasteiger partial charge is 0.358 e. The van der Waals surface area contributed by atoms with Crippen LogP contribution in [0.3, 0.4) is 0 Å². The molecule has 0 aliphatic carbocycles. The number of carbonyl (C=O) groups excluding carboxylic acids is 4. The number of hydrogen-bond donors (Lipinski definition) is 1. The number of nitrogens with zero attached hydrogens (tertiary/aromatic N) is 5. The van der Waals surface area contributed by atoms with Gasteiger partial charge in [-0.3, -0.25) is 19.3 Å². The van der Waals surface area contributed by atoms with E-state index < -0.39 is 47.4 Å². The molecule has 0 saturated carbocycles. The fourth-order valence-corrected chi connectivity index (χ4v) is 7.11. The van der Waals surface area contributed by atoms with Crippen molar-refractivity contribution in [2.45, 2.75) is 39.1 Å². The molecule has 0 aromatic carbocycles. The van der Waals surface area contributed by atoms with Gasteiger partial charge < -0.3 is 34.0 Å². The Morgan fingerprint density at radius 3 is 2.47 bits per heavy atom. The van der Waals surface area contributed by atoms with Crippen LogP contribution in [-0.2, 0) is 43.0 Å². The average molecular weight is 709 g/mol. The Bertz CT molecular complexity index is 1570. The number of aromatic nitrogens is 2. The van der Waals surface area contributed by atoms with E-state index >= 15 is 0 Å². The van der Waals surface area contributed by atoms with Crippen molar-refractivity contribution in [3.05, 3.63) is 44.5 Å². The third kappa shape index (κ3) is 8.36. The maximum Gasteiger partial charge on any atom is 0.358 e. The summed E-state index contributed by atoms with van der Waals surface area (Å²) in [5, 5.41) is 8.12. The number of thiazole rings is 2. The first kappa shape index (κ1) is 36.0. The number of amides is 2. The molecule has 2 aliphatic heterocycles. The van der Waals surface area contributed by atoms with Gasteiger partial charge in [0.2, 0.25) is 6.79 Å². The highest BCUT2D eigenvalue weighted by Gasteiger charge is 2.54. The maximum absolute atomic E-state index is 13.6. The highest BCUT2D eigenvalue weighted by atomic mass is 32.2. The molecule has 4 heterocycles. The van der Waals surface area contributed by atoms with E-state index in [1.807, 2.05) is 13.0 Å². The summed E-state index contributed by atoms with van der Waals surface area (Å²) in [6.07, 6.45) is 3.55. The first-order chi connectivity index (χ1) is 22.4. The van der Waals surface area contributed by atoms with Gasteiger partial charge >= 0.3 is 11.9 Å². The van der Waals surface area contributed by atoms with Crippen LogP contribution >= 0.6 is 34.4 Å². The Morgan fingerprint density at radius 2 is 1.85 bits per heavy atom. The van der Waals surface area contributed by atoms with Gasteiger partial charge in [0.15, 0.2) is 10.8 Å². The molecule has 1 fully saturated rings. The summed E-state index contributed by atoms with van der Waals surface area (Å²) < 4.78 is 20.8. The van der Waals surface area contributed by atoms with Crippen LogP contribution in [-0.4, -0.2) is 103 Å². The number of methoxy groups -OCH3 is 2. The molecule has 4 rings (SSSR count). The number of hydrogen-bond acceptors (Lipinski definition) is 16. The van der Waals surface area contributed by atoms with Gasteiger partial charge in [0.25, 0.3) is 11.8 Å². The molecule has 1 saturated heterocycles. The van der Waals surface area contributed by atoms with Crippen molar-refractivity contribution in [1.82, 2.24) is 20.2 Å². The summed E-state index contributed by atoms with van der Waals surface area (Å²) in [5.41, 5.74) is 2.34. The van der Waals surface area contributed by atoms with E-state index in [1.54, 1.807) is 42.6 Å². The standard InChI is InChI=1S/C29H36N6O9S3/c1-16-19(47-12-30-16)9-8-17-10-45-25-21(24(37)35(25)22(17)26(38)43-15-44-27(39)29(2,3)4)32-23(36)20(33-42-7)18-11-46-28(31-18)34(13-40-5)14-41-6/h8-9,11-12,21,25H,10,13-15H2,1-7H3,(H,32,36)/b9-8-,33-20-/t21-,25-/m1/s1. The van der Waals surface area contributed by atoms with Crippen LogP contribution < -0.4 is 10.2 Å². The summed E-state index contributed by atoms with van der Waals surface area (Å²) in [6.45, 7) is 6.67. The topological polar surface area (TPSA) is 171 Å². The van der Waals surface area contributed by atoms with E-state index in [4.69, 9.17) is 23.8 Å². The number of nitrogens with one attached hydrogen (secondary N) is 1. The summed E-state index contributed by atoms with van der Waals surface area (Å²) in [4.78, 5) is 70.1. The van der Waals surface area contributed by atoms with Crippen molar-refractivity contribution in [2.24, 2.45) is 10.6 Å². The molecule has 0 radical (unpaired) electrons. The number of oxime groups is 1. The van der Waals surface area contributed by atoms with Crippen molar-refractivity contribution < 1.29 is 43.0 Å². The number of fused-ring (bicyclic) bond motifs is 1. The monoisotopic (exact) mass is 708 g/mol. The molecule has 15 nitrogen and oxygen atoms in total. The number of carbonyl (C=O) groups is 4. The normalized spacial score (nSPS) is 18.1. The zero-order chi connectivity index (χ0) is 34.3. The lowest BCUT2D eigenvalue weighted by molar-refractivity contribution is -0.173. The Kier molecular flexibility index (Phi) is 12.1. The number of thioether (sulfide) groups is 1. The fraction of sp³-hybridized carbons (Fsp3) is 0.483. The minimum absolute atomic E-state index is 0.000720. The summed E-state index contributed by atoms with van der Waals surface area (Å²) >= 11 is 4.04. The second-order valence-electron chi connectivity index (χ2n) is 11.1. The van der Waals surface area contributed by atoms with E-state index in [0.29, 0.717) is 16.5 Å². The second kappa shape index (κ2) is 15.8. The van der Waals surface area contributed by atoms with Crippen molar-refractivity contribution in [3.8, 4) is 0 Å². The van der Waals surface area contributed by atoms with E-state index in [2.05, 4.69) is 20.4 Å². The number of anilines is 1. The third-order valence-electron chi connectivity index (χ3n) is 6.66. The molecule has 2 aliphatic rings. The number of β-lactam (4-membered cyclic amide) rings is 1. The van der Waals surface area contributed by atoms with Gasteiger partial charge in [-0.05, 0) is 39.3 Å². The van der Waals surface area contributed by atoms with Gasteiger partial charge in [-0.15, -0.1) is 34.4 Å². The quantitative estimate of drug-likeness (QED) is 0.100. The number of aryl methyl sites for hydroxylation is 1. The molecule has 18 heteroatoms. The van der Waals surface area contributed by atoms with Gasteiger partial charge in [0.1, 0.15) is 43.4 Å². The number of esters is 2. The number of ether oxygens (including phenoxy) is 4. The molecule has 1 N–H and O–H groups in total. The number of allylic oxidation sites excluding steroid dienone is 1. The second-order valence-corrected chi connectivity index (χ2v) is 13.9. The highest BCUT2D eigenvalue weighted by Crippen LogP contribution is 2.41. The molecule has 254 valence electrons. The zero-order valence-corrected chi connectivity index (χ0v) is 29.4. The van der Waals surface area contributed by atoms with Crippen LogP contribution in [0.5, 0.6) is 0 Å². The van der Waals surface area contributed by atoms with Crippen molar-refractivity contribution in [2.75, 3.05) is 52.2 Å². The summed E-state index contributed by atoms with van der Waals surface area (Å²) in [7, 11) is 4.36. The van der Waals surface area contributed by atoms with Crippen LogP contribution in [0.1, 0.15) is 37.0 Å². The van der Waals surface area contributed by atoms with Crippen molar-refractivity contribution >= 4 is 75.1 Å². The van der Waals surface area contributed by atoms with E-state index in [1.165, 1.54) is 60.7 Å². The first-order valence-electron chi connectivity index (χ1n) is 14.1. The van der Waals surface area contributed by atoms with Crippen LogP contribution in [0.15, 0.2) is 33.4 Å².